The number of carboxylic acid groups (broad SMARTS) is 1. The van der Waals surface area contributed by atoms with Crippen molar-refractivity contribution in [3.63, 3.8) is 0 Å². The van der Waals surface area contributed by atoms with Crippen LogP contribution in [0.2, 0.25) is 0 Å². The Morgan fingerprint density at radius 3 is 1.87 bits per heavy atom. The molecule has 0 bridgehead atoms. The minimum atomic E-state index is -5.07. The number of sulfonamides is 2. The first-order chi connectivity index (χ1) is 34.2. The molecule has 0 unspecified atom stereocenters. The maximum atomic E-state index is 16.2. The number of nitrogen functional groups attached to an aromatic ring is 1. The summed E-state index contributed by atoms with van der Waals surface area (Å²) in [7, 11) is -5.55. The number of benzene rings is 6. The molecule has 8 rings (SSSR count). The Labute approximate surface area is 413 Å². The van der Waals surface area contributed by atoms with Gasteiger partial charge >= 0.3 is 6.09 Å². The van der Waals surface area contributed by atoms with Crippen molar-refractivity contribution in [3.8, 4) is 39.8 Å². The predicted octanol–water partition coefficient (Wildman–Crippen LogP) is 6.48. The van der Waals surface area contributed by atoms with E-state index in [1.165, 1.54) is 36.4 Å². The van der Waals surface area contributed by atoms with E-state index < -0.39 is 55.1 Å². The van der Waals surface area contributed by atoms with Crippen LogP contribution >= 0.6 is 11.3 Å². The SMILES string of the molecule is COc1ccc(CN(Cc2ccc(OC)cc2)S(=O)(=O)c2c(S(=O)(=O)N[C@H](CO)CN(Cc3ccccc3)C(=O)O)ccc(-c3cccc4sc(N)nc34)c2-c2nnn(Cc3ccc(OC)cc3)n2)cc1. The standard InChI is InChI=1S/C49H49N9O10S3/c1-66-37-18-12-33(13-19-37)27-57(28-34-14-20-38(67-2)21-15-34)71(64,65)46-43(70(62,63)54-36(31-59)30-56(49(60)61)26-32-8-5-4-6-9-32)25-24-40(41-10-7-11-42-45(41)51-48(50)69-42)44(46)47-52-55-58(53-47)29-35-16-22-39(68-3)23-17-35/h4-25,36,54,59H,26-31H2,1-3H3,(H2,50,51)(H,60,61)/t36-/m0/s1. The summed E-state index contributed by atoms with van der Waals surface area (Å²) in [5.41, 5.74) is 9.38. The van der Waals surface area contributed by atoms with Gasteiger partial charge in [-0.05, 0) is 81.6 Å². The fourth-order valence-corrected chi connectivity index (χ4v) is 12.3. The zero-order valence-electron chi connectivity index (χ0n) is 38.6. The molecule has 1 amide bonds. The summed E-state index contributed by atoms with van der Waals surface area (Å²) in [5, 5.41) is 34.6. The molecular weight excluding hydrogens is 971 g/mol. The van der Waals surface area contributed by atoms with Gasteiger partial charge in [-0.3, -0.25) is 0 Å². The number of anilines is 1. The van der Waals surface area contributed by atoms with Gasteiger partial charge in [-0.15, -0.1) is 10.2 Å². The number of aliphatic hydroxyl groups is 1. The zero-order valence-corrected chi connectivity index (χ0v) is 41.1. The number of para-hydroxylation sites is 1. The Balaban J connectivity index is 1.36. The van der Waals surface area contributed by atoms with Crippen LogP contribution in [0.1, 0.15) is 22.3 Å². The molecule has 2 heterocycles. The number of amides is 1. The molecule has 2 aromatic heterocycles. The van der Waals surface area contributed by atoms with Gasteiger partial charge in [0.2, 0.25) is 25.9 Å². The van der Waals surface area contributed by atoms with E-state index >= 15 is 16.8 Å². The summed E-state index contributed by atoms with van der Waals surface area (Å²) in [6.07, 6.45) is -1.38. The molecule has 0 aliphatic rings. The van der Waals surface area contributed by atoms with Crippen molar-refractivity contribution >= 4 is 52.8 Å². The number of nitrogens with zero attached hydrogens (tertiary/aromatic N) is 7. The minimum absolute atomic E-state index is 0.0778. The lowest BCUT2D eigenvalue weighted by molar-refractivity contribution is 0.130. The highest BCUT2D eigenvalue weighted by atomic mass is 32.2. The summed E-state index contributed by atoms with van der Waals surface area (Å²) in [6.45, 7) is -1.96. The van der Waals surface area contributed by atoms with E-state index in [4.69, 9.17) is 25.0 Å². The van der Waals surface area contributed by atoms with E-state index in [1.807, 2.05) is 0 Å². The third-order valence-electron chi connectivity index (χ3n) is 11.4. The van der Waals surface area contributed by atoms with Crippen LogP contribution < -0.4 is 24.7 Å². The first-order valence-electron chi connectivity index (χ1n) is 21.8. The van der Waals surface area contributed by atoms with E-state index in [0.717, 1.165) is 20.8 Å². The van der Waals surface area contributed by atoms with Gasteiger partial charge in [0, 0.05) is 31.7 Å². The Morgan fingerprint density at radius 2 is 1.31 bits per heavy atom. The molecule has 0 saturated carbocycles. The lowest BCUT2D eigenvalue weighted by Gasteiger charge is -2.28. The van der Waals surface area contributed by atoms with E-state index in [-0.39, 0.29) is 48.3 Å². The van der Waals surface area contributed by atoms with E-state index in [9.17, 15) is 15.0 Å². The van der Waals surface area contributed by atoms with Crippen LogP contribution in [0.4, 0.5) is 9.93 Å². The fraction of sp³-hybridized carbons (Fsp3) is 0.204. The molecule has 0 saturated heterocycles. The highest BCUT2D eigenvalue weighted by Crippen LogP contribution is 2.44. The molecule has 0 aliphatic heterocycles. The Bertz CT molecular complexity index is 3310. The lowest BCUT2D eigenvalue weighted by Crippen LogP contribution is -2.47. The number of nitrogens with two attached hydrogens (primary N) is 1. The number of ether oxygens (including phenoxy) is 3. The first-order valence-corrected chi connectivity index (χ1v) is 25.6. The molecular formula is C49H49N9O10S3. The largest absolute Gasteiger partial charge is 0.497 e. The number of thiazole rings is 1. The molecule has 8 aromatic rings. The number of carbonyl (C=O) groups is 1. The molecule has 5 N–H and O–H groups in total. The summed E-state index contributed by atoms with van der Waals surface area (Å²) >= 11 is 1.21. The van der Waals surface area contributed by atoms with Crippen LogP contribution in [0, 0.1) is 0 Å². The number of aromatic nitrogens is 5. The van der Waals surface area contributed by atoms with E-state index in [1.54, 1.807) is 128 Å². The average Bonchev–Trinajstić information content (AvgIpc) is 4.01. The van der Waals surface area contributed by atoms with Crippen molar-refractivity contribution in [1.82, 2.24) is 39.1 Å². The molecule has 0 spiro atoms. The molecule has 19 nitrogen and oxygen atoms in total. The average molecular weight is 1020 g/mol. The van der Waals surface area contributed by atoms with Crippen LogP contribution in [0.15, 0.2) is 143 Å². The van der Waals surface area contributed by atoms with Gasteiger partial charge in [-0.25, -0.2) is 31.3 Å². The monoisotopic (exact) mass is 1020 g/mol. The smallest absolute Gasteiger partial charge is 0.407 e. The van der Waals surface area contributed by atoms with E-state index in [0.29, 0.717) is 49.7 Å². The number of fused-ring (bicyclic) bond motifs is 1. The maximum Gasteiger partial charge on any atom is 0.407 e. The summed E-state index contributed by atoms with van der Waals surface area (Å²) in [6, 6.07) is 35.6. The molecule has 0 fully saturated rings. The molecule has 71 heavy (non-hydrogen) atoms. The zero-order chi connectivity index (χ0) is 50.3. The normalized spacial score (nSPS) is 12.2. The van der Waals surface area contributed by atoms with Crippen LogP contribution in [0.5, 0.6) is 17.2 Å². The Morgan fingerprint density at radius 1 is 0.732 bits per heavy atom. The fourth-order valence-electron chi connectivity index (χ4n) is 7.88. The second kappa shape index (κ2) is 21.7. The molecule has 1 atom stereocenters. The highest BCUT2D eigenvalue weighted by Gasteiger charge is 2.39. The third-order valence-corrected chi connectivity index (χ3v) is 15.8. The van der Waals surface area contributed by atoms with Gasteiger partial charge in [0.25, 0.3) is 0 Å². The number of hydrogen-bond donors (Lipinski definition) is 4. The van der Waals surface area contributed by atoms with Gasteiger partial charge in [0.15, 0.2) is 5.13 Å². The van der Waals surface area contributed by atoms with Gasteiger partial charge in [0.1, 0.15) is 27.0 Å². The quantitative estimate of drug-likeness (QED) is 0.0601. The summed E-state index contributed by atoms with van der Waals surface area (Å²) in [5.74, 6) is 1.42. The van der Waals surface area contributed by atoms with Crippen molar-refractivity contribution < 1.29 is 46.1 Å². The van der Waals surface area contributed by atoms with Gasteiger partial charge in [-0.2, -0.15) is 9.10 Å². The maximum absolute atomic E-state index is 16.2. The van der Waals surface area contributed by atoms with Crippen LogP contribution in [0.3, 0.4) is 0 Å². The number of hydrogen-bond acceptors (Lipinski definition) is 15. The van der Waals surface area contributed by atoms with Crippen LogP contribution in [0.25, 0.3) is 32.7 Å². The number of tetrazole rings is 1. The highest BCUT2D eigenvalue weighted by molar-refractivity contribution is 7.92. The van der Waals surface area contributed by atoms with Crippen molar-refractivity contribution in [2.75, 3.05) is 40.2 Å². The number of aliphatic hydroxyl groups excluding tert-OH is 1. The number of methoxy groups -OCH3 is 3. The summed E-state index contributed by atoms with van der Waals surface area (Å²) in [4.78, 5) is 17.9. The first kappa shape index (κ1) is 49.9. The Kier molecular flexibility index (Phi) is 15.2. The third kappa shape index (κ3) is 11.4. The van der Waals surface area contributed by atoms with Crippen molar-refractivity contribution in [3.05, 3.63) is 156 Å². The molecule has 22 heteroatoms. The molecule has 0 radical (unpaired) electrons. The van der Waals surface area contributed by atoms with Crippen molar-refractivity contribution in [2.45, 2.75) is 42.0 Å². The van der Waals surface area contributed by atoms with Gasteiger partial charge < -0.3 is 35.1 Å². The van der Waals surface area contributed by atoms with Crippen molar-refractivity contribution in [2.24, 2.45) is 0 Å². The predicted molar refractivity (Wildman–Crippen MR) is 267 cm³/mol. The van der Waals surface area contributed by atoms with Crippen LogP contribution in [-0.4, -0.2) is 108 Å². The topological polar surface area (TPSA) is 255 Å². The Hall–Kier alpha value is -7.47. The lowest BCUT2D eigenvalue weighted by atomic mass is 9.98. The minimum Gasteiger partial charge on any atom is -0.497 e. The number of nitrogens with one attached hydrogen (secondary N) is 1. The van der Waals surface area contributed by atoms with Gasteiger partial charge in [-0.1, -0.05) is 96.3 Å². The molecule has 0 aliphatic carbocycles. The van der Waals surface area contributed by atoms with E-state index in [2.05, 4.69) is 20.0 Å². The second-order valence-corrected chi connectivity index (χ2v) is 20.7. The van der Waals surface area contributed by atoms with Gasteiger partial charge in [0.05, 0.1) is 56.3 Å². The molecule has 368 valence electrons. The summed E-state index contributed by atoms with van der Waals surface area (Å²) < 4.78 is 83.1. The van der Waals surface area contributed by atoms with Crippen molar-refractivity contribution in [1.29, 1.82) is 0 Å². The molecule has 6 aromatic carbocycles. The van der Waals surface area contributed by atoms with Crippen LogP contribution in [-0.2, 0) is 46.2 Å². The second-order valence-electron chi connectivity index (χ2n) is 16.1. The number of rotatable bonds is 21.